The van der Waals surface area contributed by atoms with Crippen molar-refractivity contribution in [3.63, 3.8) is 0 Å². The Morgan fingerprint density at radius 2 is 1.18 bits per heavy atom. The molecule has 0 aliphatic carbocycles. The van der Waals surface area contributed by atoms with Crippen LogP contribution in [0.4, 0.5) is 17.1 Å². The van der Waals surface area contributed by atoms with Crippen LogP contribution < -0.4 is 15.3 Å². The van der Waals surface area contributed by atoms with Gasteiger partial charge in [-0.25, -0.2) is 0 Å². The van der Waals surface area contributed by atoms with E-state index in [0.717, 1.165) is 27.1 Å². The predicted molar refractivity (Wildman–Crippen MR) is 137 cm³/mol. The predicted octanol–water partition coefficient (Wildman–Crippen LogP) is 6.11. The van der Waals surface area contributed by atoms with Crippen molar-refractivity contribution < 1.29 is 0 Å². The Bertz CT molecular complexity index is 913. The summed E-state index contributed by atoms with van der Waals surface area (Å²) in [7, 11) is 8.23. The van der Waals surface area contributed by atoms with Gasteiger partial charge in [-0.3, -0.25) is 0 Å². The zero-order valence-electron chi connectivity index (χ0n) is 15.0. The summed E-state index contributed by atoms with van der Waals surface area (Å²) in [5.74, 6) is 0. The van der Waals surface area contributed by atoms with Crippen LogP contribution in [0.5, 0.6) is 0 Å². The Morgan fingerprint density at radius 3 is 1.57 bits per heavy atom. The molecule has 28 heavy (non-hydrogen) atoms. The van der Waals surface area contributed by atoms with Crippen molar-refractivity contribution in [3.05, 3.63) is 72.8 Å². The van der Waals surface area contributed by atoms with Crippen LogP contribution in [-0.2, 0) is 0 Å². The van der Waals surface area contributed by atoms with Crippen LogP contribution in [0.1, 0.15) is 0 Å². The maximum Gasteiger partial charge on any atom is 0.266 e. The lowest BCUT2D eigenvalue weighted by Gasteiger charge is -2.27. The van der Waals surface area contributed by atoms with E-state index in [0.29, 0.717) is 0 Å². The fourth-order valence-electron chi connectivity index (χ4n) is 2.78. The van der Waals surface area contributed by atoms with Crippen LogP contribution in [0.2, 0.25) is 0 Å². The Morgan fingerprint density at radius 1 is 0.750 bits per heavy atom. The molecular formula is C19H18Cl5NSSi2. The number of benzene rings is 3. The first kappa shape index (κ1) is 22.4. The van der Waals surface area contributed by atoms with Gasteiger partial charge in [0.2, 0.25) is 0 Å². The van der Waals surface area contributed by atoms with Gasteiger partial charge in [0.05, 0.1) is 0 Å². The number of hydrogen-bond acceptors (Lipinski definition) is 1. The van der Waals surface area contributed by atoms with Gasteiger partial charge < -0.3 is 4.90 Å². The molecule has 1 nitrogen and oxygen atoms in total. The summed E-state index contributed by atoms with van der Waals surface area (Å²) in [5, 5.41) is 2.20. The normalized spacial score (nSPS) is 12.7. The fourth-order valence-corrected chi connectivity index (χ4v) is 6.32. The zero-order chi connectivity index (χ0) is 20.3. The van der Waals surface area contributed by atoms with Crippen LogP contribution in [-0.4, -0.2) is 22.5 Å². The van der Waals surface area contributed by atoms with Gasteiger partial charge in [-0.2, -0.15) is 11.1 Å². The molecule has 0 bridgehead atoms. The smallest absolute Gasteiger partial charge is 0.266 e. The second-order valence-corrected chi connectivity index (χ2v) is 18.8. The Kier molecular flexibility index (Phi) is 7.73. The van der Waals surface area contributed by atoms with Crippen LogP contribution in [0, 0.1) is 0 Å². The van der Waals surface area contributed by atoms with Gasteiger partial charge in [0, 0.05) is 22.0 Å². The average molecular weight is 526 g/mol. The first-order valence-electron chi connectivity index (χ1n) is 8.40. The van der Waals surface area contributed by atoms with E-state index in [2.05, 4.69) is 29.2 Å². The minimum atomic E-state index is -1.88. The Labute approximate surface area is 194 Å². The molecule has 3 aromatic carbocycles. The first-order chi connectivity index (χ1) is 13.3. The second kappa shape index (κ2) is 9.67. The van der Waals surface area contributed by atoms with Crippen LogP contribution in [0.3, 0.4) is 0 Å². The molecule has 0 aromatic heterocycles. The number of rotatable bonds is 6. The zero-order valence-corrected chi connectivity index (χ0v) is 22.1. The van der Waals surface area contributed by atoms with Crippen molar-refractivity contribution in [1.82, 2.24) is 0 Å². The monoisotopic (exact) mass is 523 g/mol. The second-order valence-electron chi connectivity index (χ2n) is 6.25. The molecule has 0 aliphatic rings. The van der Waals surface area contributed by atoms with E-state index in [1.165, 1.54) is 5.19 Å². The van der Waals surface area contributed by atoms with Crippen molar-refractivity contribution in [2.75, 3.05) is 11.2 Å². The van der Waals surface area contributed by atoms with Crippen LogP contribution >= 0.6 is 63.1 Å². The van der Waals surface area contributed by atoms with E-state index in [9.17, 15) is 0 Å². The lowest BCUT2D eigenvalue weighted by Crippen LogP contribution is -2.19. The van der Waals surface area contributed by atoms with E-state index in [4.69, 9.17) is 54.6 Å². The summed E-state index contributed by atoms with van der Waals surface area (Å²) in [6.45, 7) is 0. The van der Waals surface area contributed by atoms with Gasteiger partial charge in [-0.1, -0.05) is 32.7 Å². The molecule has 0 N–H and O–H groups in total. The average Bonchev–Trinajstić information content (AvgIpc) is 2.69. The van der Waals surface area contributed by atoms with Crippen molar-refractivity contribution >= 4 is 107 Å². The molecule has 0 radical (unpaired) electrons. The molecule has 3 rings (SSSR count). The molecule has 0 unspecified atom stereocenters. The molecule has 9 heteroatoms. The molecular weight excluding hydrogens is 508 g/mol. The van der Waals surface area contributed by atoms with E-state index in [-0.39, 0.29) is 0 Å². The number of hydrogen-bond donors (Lipinski definition) is 0. The summed E-state index contributed by atoms with van der Waals surface area (Å²) >= 11 is 18.3. The van der Waals surface area contributed by atoms with Gasteiger partial charge in [-0.05, 0) is 86.5 Å². The molecule has 0 saturated heterocycles. The topological polar surface area (TPSA) is 3.24 Å². The molecule has 0 heterocycles. The van der Waals surface area contributed by atoms with Crippen molar-refractivity contribution in [2.45, 2.75) is 4.90 Å². The maximum atomic E-state index is 6.31. The Balaban J connectivity index is 2.05. The molecule has 0 amide bonds. The molecule has 3 aromatic rings. The van der Waals surface area contributed by atoms with Crippen molar-refractivity contribution in [1.29, 1.82) is 0 Å². The highest BCUT2D eigenvalue weighted by Crippen LogP contribution is 2.62. The minimum Gasteiger partial charge on any atom is -0.311 e. The van der Waals surface area contributed by atoms with E-state index in [1.54, 1.807) is 0 Å². The summed E-state index contributed by atoms with van der Waals surface area (Å²) in [4.78, 5) is 3.10. The number of halogens is 5. The van der Waals surface area contributed by atoms with E-state index in [1.807, 2.05) is 54.8 Å². The molecule has 0 fully saturated rings. The number of anilines is 3. The highest BCUT2D eigenvalue weighted by Gasteiger charge is 2.17. The molecule has 0 spiro atoms. The summed E-state index contributed by atoms with van der Waals surface area (Å²) in [5.41, 5.74) is 3.07. The lowest BCUT2D eigenvalue weighted by molar-refractivity contribution is 1.27. The van der Waals surface area contributed by atoms with Gasteiger partial charge in [0.15, 0.2) is 8.83 Å². The van der Waals surface area contributed by atoms with Gasteiger partial charge >= 0.3 is 0 Å². The van der Waals surface area contributed by atoms with Crippen LogP contribution in [0.15, 0.2) is 77.7 Å². The Hall–Kier alpha value is -0.306. The summed E-state index contributed by atoms with van der Waals surface area (Å²) in [6, 6.07) is 24.4. The number of nitrogens with zero attached hydrogens (tertiary/aromatic N) is 1. The minimum absolute atomic E-state index is 0.708. The third-order valence-corrected chi connectivity index (χ3v) is 10.5. The SMILES string of the molecule is CS(Cl)(Cl)c1ccc(N(c2ccc([SiH2]Cl)cc2)c2ccc([SiH](Cl)Cl)cc2)cc1. The van der Waals surface area contributed by atoms with E-state index < -0.39 is 24.7 Å². The maximum absolute atomic E-state index is 6.31. The third-order valence-electron chi connectivity index (χ3n) is 4.26. The van der Waals surface area contributed by atoms with Gasteiger partial charge in [0.25, 0.3) is 7.42 Å². The molecule has 148 valence electrons. The van der Waals surface area contributed by atoms with Crippen LogP contribution in [0.25, 0.3) is 0 Å². The summed E-state index contributed by atoms with van der Waals surface area (Å²) < 4.78 is 0. The quantitative estimate of drug-likeness (QED) is 0.277. The standard InChI is InChI=1S/C19H18Cl5NSSi2/c1-26(20,21)17-8-2-14(3-9-17)25(15-4-10-18(27-22)11-5-15)16-6-12-19(13-7-16)28(23)24/h2-13,28H,27H2,1H3. The molecule has 0 aliphatic heterocycles. The highest BCUT2D eigenvalue weighted by molar-refractivity contribution is 8.65. The molecule has 0 saturated carbocycles. The van der Waals surface area contributed by atoms with E-state index >= 15 is 0 Å². The van der Waals surface area contributed by atoms with Gasteiger partial charge in [-0.15, -0.1) is 22.2 Å². The van der Waals surface area contributed by atoms with Gasteiger partial charge in [0.1, 0.15) is 0 Å². The lowest BCUT2D eigenvalue weighted by atomic mass is 10.2. The highest BCUT2D eigenvalue weighted by atomic mass is 36.0. The van der Waals surface area contributed by atoms with Crippen molar-refractivity contribution in [2.24, 2.45) is 0 Å². The third kappa shape index (κ3) is 5.43. The van der Waals surface area contributed by atoms with Crippen molar-refractivity contribution in [3.8, 4) is 0 Å². The fraction of sp³-hybridized carbons (Fsp3) is 0.0526. The first-order valence-corrected chi connectivity index (χ1v) is 19.0. The largest absolute Gasteiger partial charge is 0.311 e. The summed E-state index contributed by atoms with van der Waals surface area (Å²) in [6.07, 6.45) is 1.84. The molecule has 0 atom stereocenters.